The van der Waals surface area contributed by atoms with Gasteiger partial charge in [0.15, 0.2) is 0 Å². The molecule has 2 aliphatic rings. The molecule has 1 heterocycles. The van der Waals surface area contributed by atoms with Crippen molar-refractivity contribution < 1.29 is 5.11 Å². The molecular formula is C18H36N2O. The highest BCUT2D eigenvalue weighted by Crippen LogP contribution is 2.40. The second-order valence-electron chi connectivity index (χ2n) is 7.66. The predicted octanol–water partition coefficient (Wildman–Crippen LogP) is 3.03. The van der Waals surface area contributed by atoms with Crippen LogP contribution in [0.2, 0.25) is 0 Å². The fourth-order valence-electron chi connectivity index (χ4n) is 4.20. The Balaban J connectivity index is 1.97. The summed E-state index contributed by atoms with van der Waals surface area (Å²) >= 11 is 0. The van der Waals surface area contributed by atoms with Gasteiger partial charge in [0.25, 0.3) is 0 Å². The summed E-state index contributed by atoms with van der Waals surface area (Å²) in [7, 11) is 0. The third-order valence-electron chi connectivity index (χ3n) is 5.76. The molecule has 124 valence electrons. The van der Waals surface area contributed by atoms with Crippen LogP contribution < -0.4 is 5.32 Å². The van der Waals surface area contributed by atoms with E-state index in [0.29, 0.717) is 18.1 Å². The van der Waals surface area contributed by atoms with Crippen molar-refractivity contribution in [3.8, 4) is 0 Å². The SMILES string of the molecule is CCCNCC1(CN2CCCCC2CO)CCC(C)CC1. The fraction of sp³-hybridized carbons (Fsp3) is 1.00. The highest BCUT2D eigenvalue weighted by Gasteiger charge is 2.37. The molecule has 1 aliphatic heterocycles. The van der Waals surface area contributed by atoms with Crippen molar-refractivity contribution in [2.24, 2.45) is 11.3 Å². The largest absolute Gasteiger partial charge is 0.395 e. The third kappa shape index (κ3) is 4.94. The first-order valence-electron chi connectivity index (χ1n) is 9.25. The van der Waals surface area contributed by atoms with Gasteiger partial charge in [0.2, 0.25) is 0 Å². The Labute approximate surface area is 131 Å². The summed E-state index contributed by atoms with van der Waals surface area (Å²) in [5, 5.41) is 13.4. The molecule has 1 aliphatic carbocycles. The van der Waals surface area contributed by atoms with Gasteiger partial charge in [-0.15, -0.1) is 0 Å². The molecule has 1 unspecified atom stereocenters. The van der Waals surface area contributed by atoms with Crippen LogP contribution in [0, 0.1) is 11.3 Å². The highest BCUT2D eigenvalue weighted by molar-refractivity contribution is 4.91. The smallest absolute Gasteiger partial charge is 0.0586 e. The van der Waals surface area contributed by atoms with E-state index in [1.165, 1.54) is 71.0 Å². The molecule has 0 aromatic heterocycles. The summed E-state index contributed by atoms with van der Waals surface area (Å²) in [6.07, 6.45) is 10.5. The van der Waals surface area contributed by atoms with Gasteiger partial charge in [-0.1, -0.05) is 33.1 Å². The number of piperidine rings is 1. The molecule has 0 aromatic rings. The van der Waals surface area contributed by atoms with Crippen molar-refractivity contribution in [3.63, 3.8) is 0 Å². The number of hydrogen-bond acceptors (Lipinski definition) is 3. The van der Waals surface area contributed by atoms with Crippen molar-refractivity contribution >= 4 is 0 Å². The first-order chi connectivity index (χ1) is 10.2. The second kappa shape index (κ2) is 8.50. The molecule has 1 saturated carbocycles. The number of aliphatic hydroxyl groups excluding tert-OH is 1. The van der Waals surface area contributed by atoms with E-state index < -0.39 is 0 Å². The summed E-state index contributed by atoms with van der Waals surface area (Å²) in [4.78, 5) is 2.60. The molecule has 3 heteroatoms. The van der Waals surface area contributed by atoms with Crippen LogP contribution in [-0.4, -0.2) is 48.8 Å². The third-order valence-corrected chi connectivity index (χ3v) is 5.76. The van der Waals surface area contributed by atoms with Crippen LogP contribution in [0.4, 0.5) is 0 Å². The lowest BCUT2D eigenvalue weighted by Crippen LogP contribution is -2.51. The zero-order valence-corrected chi connectivity index (χ0v) is 14.2. The second-order valence-corrected chi connectivity index (χ2v) is 7.66. The summed E-state index contributed by atoms with van der Waals surface area (Å²) in [6.45, 7) is 9.69. The lowest BCUT2D eigenvalue weighted by atomic mass is 9.70. The van der Waals surface area contributed by atoms with Crippen LogP contribution in [0.5, 0.6) is 0 Å². The summed E-state index contributed by atoms with van der Waals surface area (Å²) in [5.41, 5.74) is 0.451. The quantitative estimate of drug-likeness (QED) is 0.709. The molecule has 2 rings (SSSR count). The number of aliphatic hydroxyl groups is 1. The average molecular weight is 296 g/mol. The van der Waals surface area contributed by atoms with Crippen LogP contribution in [0.15, 0.2) is 0 Å². The van der Waals surface area contributed by atoms with Crippen LogP contribution in [0.25, 0.3) is 0 Å². The summed E-state index contributed by atoms with van der Waals surface area (Å²) in [5.74, 6) is 0.902. The number of nitrogens with zero attached hydrogens (tertiary/aromatic N) is 1. The highest BCUT2D eigenvalue weighted by atomic mass is 16.3. The Bertz CT molecular complexity index is 287. The van der Waals surface area contributed by atoms with Gasteiger partial charge in [-0.05, 0) is 56.5 Å². The maximum atomic E-state index is 9.67. The minimum atomic E-state index is 0.342. The van der Waals surface area contributed by atoms with Gasteiger partial charge < -0.3 is 10.4 Å². The lowest BCUT2D eigenvalue weighted by Gasteiger charge is -2.46. The van der Waals surface area contributed by atoms with Gasteiger partial charge in [-0.3, -0.25) is 4.90 Å². The predicted molar refractivity (Wildman–Crippen MR) is 89.5 cm³/mol. The molecule has 0 amide bonds. The molecule has 21 heavy (non-hydrogen) atoms. The van der Waals surface area contributed by atoms with Gasteiger partial charge in [0.05, 0.1) is 6.61 Å². The van der Waals surface area contributed by atoms with E-state index in [0.717, 1.165) is 12.5 Å². The molecule has 1 atom stereocenters. The van der Waals surface area contributed by atoms with Crippen LogP contribution in [0.1, 0.15) is 65.2 Å². The van der Waals surface area contributed by atoms with Gasteiger partial charge in [-0.2, -0.15) is 0 Å². The van der Waals surface area contributed by atoms with Crippen molar-refractivity contribution in [2.45, 2.75) is 71.3 Å². The lowest BCUT2D eigenvalue weighted by molar-refractivity contribution is 0.0250. The molecule has 0 aromatic carbocycles. The maximum absolute atomic E-state index is 9.67. The Hall–Kier alpha value is -0.120. The molecular weight excluding hydrogens is 260 g/mol. The number of likely N-dealkylation sites (tertiary alicyclic amines) is 1. The van der Waals surface area contributed by atoms with Crippen LogP contribution in [0.3, 0.4) is 0 Å². The zero-order valence-electron chi connectivity index (χ0n) is 14.2. The topological polar surface area (TPSA) is 35.5 Å². The van der Waals surface area contributed by atoms with E-state index in [1.807, 2.05) is 0 Å². The Morgan fingerprint density at radius 3 is 2.62 bits per heavy atom. The van der Waals surface area contributed by atoms with E-state index in [4.69, 9.17) is 0 Å². The van der Waals surface area contributed by atoms with E-state index in [-0.39, 0.29) is 0 Å². The Kier molecular flexibility index (Phi) is 6.97. The Morgan fingerprint density at radius 2 is 1.95 bits per heavy atom. The summed E-state index contributed by atoms with van der Waals surface area (Å²) < 4.78 is 0. The monoisotopic (exact) mass is 296 g/mol. The molecule has 2 N–H and O–H groups in total. The first-order valence-corrected chi connectivity index (χ1v) is 9.25. The average Bonchev–Trinajstić information content (AvgIpc) is 2.51. The van der Waals surface area contributed by atoms with E-state index >= 15 is 0 Å². The van der Waals surface area contributed by atoms with Gasteiger partial charge in [-0.25, -0.2) is 0 Å². The molecule has 0 spiro atoms. The molecule has 1 saturated heterocycles. The van der Waals surface area contributed by atoms with E-state index in [9.17, 15) is 5.11 Å². The molecule has 3 nitrogen and oxygen atoms in total. The zero-order chi connectivity index (χ0) is 15.1. The number of rotatable bonds is 7. The Morgan fingerprint density at radius 1 is 1.19 bits per heavy atom. The van der Waals surface area contributed by atoms with Crippen LogP contribution >= 0.6 is 0 Å². The van der Waals surface area contributed by atoms with Crippen LogP contribution in [-0.2, 0) is 0 Å². The molecule has 2 fully saturated rings. The van der Waals surface area contributed by atoms with Crippen molar-refractivity contribution in [1.82, 2.24) is 10.2 Å². The van der Waals surface area contributed by atoms with Gasteiger partial charge in [0, 0.05) is 19.1 Å². The van der Waals surface area contributed by atoms with Gasteiger partial charge >= 0.3 is 0 Å². The summed E-state index contributed by atoms with van der Waals surface area (Å²) in [6, 6.07) is 0.418. The minimum absolute atomic E-state index is 0.342. The molecule has 0 radical (unpaired) electrons. The maximum Gasteiger partial charge on any atom is 0.0586 e. The van der Waals surface area contributed by atoms with Crippen molar-refractivity contribution in [2.75, 3.05) is 32.8 Å². The van der Waals surface area contributed by atoms with Crippen molar-refractivity contribution in [3.05, 3.63) is 0 Å². The number of hydrogen-bond donors (Lipinski definition) is 2. The van der Waals surface area contributed by atoms with E-state index in [2.05, 4.69) is 24.1 Å². The van der Waals surface area contributed by atoms with E-state index in [1.54, 1.807) is 0 Å². The first kappa shape index (κ1) is 17.2. The molecule has 0 bridgehead atoms. The fourth-order valence-corrected chi connectivity index (χ4v) is 4.20. The number of nitrogens with one attached hydrogen (secondary N) is 1. The standard InChI is InChI=1S/C18H36N2O/c1-3-11-19-14-18(9-7-16(2)8-10-18)15-20-12-5-4-6-17(20)13-21/h16-17,19,21H,3-15H2,1-2H3. The van der Waals surface area contributed by atoms with Gasteiger partial charge in [0.1, 0.15) is 0 Å². The normalized spacial score (nSPS) is 35.0. The minimum Gasteiger partial charge on any atom is -0.395 e. The van der Waals surface area contributed by atoms with Crippen molar-refractivity contribution in [1.29, 1.82) is 0 Å².